The maximum absolute atomic E-state index is 6.16. The Balaban J connectivity index is 1.51. The first-order valence-corrected chi connectivity index (χ1v) is 8.11. The first kappa shape index (κ1) is 10.9. The van der Waals surface area contributed by atoms with Crippen molar-refractivity contribution in [1.29, 1.82) is 0 Å². The largest absolute Gasteiger partial charge is 0.323 e. The molecule has 3 heteroatoms. The van der Waals surface area contributed by atoms with Crippen LogP contribution >= 0.6 is 0 Å². The molecule has 4 saturated carbocycles. The van der Waals surface area contributed by atoms with Crippen molar-refractivity contribution in [3.8, 4) is 0 Å². The minimum Gasteiger partial charge on any atom is -0.323 e. The topological polar surface area (TPSA) is 43.8 Å². The maximum atomic E-state index is 6.16. The van der Waals surface area contributed by atoms with Crippen molar-refractivity contribution >= 4 is 0 Å². The fourth-order valence-electron chi connectivity index (χ4n) is 5.88. The molecule has 0 radical (unpaired) electrons. The van der Waals surface area contributed by atoms with Crippen LogP contribution in [0, 0.1) is 23.7 Å². The van der Waals surface area contributed by atoms with Crippen LogP contribution in [0.1, 0.15) is 61.9 Å². The van der Waals surface area contributed by atoms with Crippen molar-refractivity contribution in [2.24, 2.45) is 29.4 Å². The molecule has 5 aliphatic carbocycles. The van der Waals surface area contributed by atoms with Gasteiger partial charge in [0.15, 0.2) is 0 Å². The molecule has 1 atom stereocenters. The summed E-state index contributed by atoms with van der Waals surface area (Å²) in [6.45, 7) is 0. The normalized spacial score (nSPS) is 46.8. The Morgan fingerprint density at radius 3 is 2.37 bits per heavy atom. The zero-order chi connectivity index (χ0) is 12.6. The van der Waals surface area contributed by atoms with Gasteiger partial charge in [-0.05, 0) is 74.2 Å². The molecule has 6 rings (SSSR count). The molecule has 4 fully saturated rings. The Labute approximate surface area is 114 Å². The third kappa shape index (κ3) is 1.45. The van der Waals surface area contributed by atoms with Crippen molar-refractivity contribution in [2.45, 2.75) is 57.0 Å². The summed E-state index contributed by atoms with van der Waals surface area (Å²) >= 11 is 0. The van der Waals surface area contributed by atoms with E-state index in [4.69, 9.17) is 10.8 Å². The highest BCUT2D eigenvalue weighted by atomic mass is 15.3. The number of nitrogens with two attached hydrogens (primary N) is 1. The van der Waals surface area contributed by atoms with Crippen LogP contribution in [-0.2, 0) is 6.42 Å². The predicted molar refractivity (Wildman–Crippen MR) is 73.6 cm³/mol. The molecule has 1 unspecified atom stereocenters. The molecule has 5 aliphatic rings. The van der Waals surface area contributed by atoms with Crippen LogP contribution in [-0.4, -0.2) is 9.78 Å². The molecule has 0 aromatic carbocycles. The third-order valence-electron chi connectivity index (χ3n) is 6.40. The predicted octanol–water partition coefficient (Wildman–Crippen LogP) is 2.83. The Bertz CT molecular complexity index is 490. The number of aromatic nitrogens is 2. The molecule has 2 N–H and O–H groups in total. The average molecular weight is 257 g/mol. The lowest BCUT2D eigenvalue weighted by Gasteiger charge is -2.54. The Morgan fingerprint density at radius 1 is 1.05 bits per heavy atom. The summed E-state index contributed by atoms with van der Waals surface area (Å²) in [5.74, 6) is 3.91. The first-order valence-electron chi connectivity index (χ1n) is 8.11. The van der Waals surface area contributed by atoms with Gasteiger partial charge in [-0.1, -0.05) is 0 Å². The van der Waals surface area contributed by atoms with E-state index in [0.29, 0.717) is 6.04 Å². The number of rotatable bonds is 1. The van der Waals surface area contributed by atoms with Crippen LogP contribution < -0.4 is 5.73 Å². The highest BCUT2D eigenvalue weighted by Gasteiger charge is 2.49. The monoisotopic (exact) mass is 257 g/mol. The van der Waals surface area contributed by atoms with Gasteiger partial charge in [0.25, 0.3) is 0 Å². The van der Waals surface area contributed by atoms with Crippen LogP contribution in [0.4, 0.5) is 0 Å². The second kappa shape index (κ2) is 3.63. The summed E-state index contributed by atoms with van der Waals surface area (Å²) in [6, 6.07) is 0.902. The molecule has 0 saturated heterocycles. The van der Waals surface area contributed by atoms with Crippen molar-refractivity contribution in [1.82, 2.24) is 9.78 Å². The number of aryl methyl sites for hydroxylation is 1. The quantitative estimate of drug-likeness (QED) is 0.840. The highest BCUT2D eigenvalue weighted by molar-refractivity contribution is 5.26. The molecule has 0 spiro atoms. The zero-order valence-corrected chi connectivity index (χ0v) is 11.5. The van der Waals surface area contributed by atoms with Gasteiger partial charge in [0.05, 0.1) is 11.7 Å². The highest BCUT2D eigenvalue weighted by Crippen LogP contribution is 2.58. The summed E-state index contributed by atoms with van der Waals surface area (Å²) in [5.41, 5.74) is 8.79. The molecular formula is C16H23N3. The van der Waals surface area contributed by atoms with Gasteiger partial charge < -0.3 is 5.73 Å². The summed E-state index contributed by atoms with van der Waals surface area (Å²) < 4.78 is 2.34. The standard InChI is InChI=1S/C16H23N3/c17-14-2-1-11-8-19(18-15(11)14)16-12-4-9-3-10(6-12)7-13(16)5-9/h8-10,12-14,16H,1-7,17H2. The van der Waals surface area contributed by atoms with Gasteiger partial charge in [0, 0.05) is 12.2 Å². The molecule has 0 aliphatic heterocycles. The van der Waals surface area contributed by atoms with Crippen molar-refractivity contribution in [3.63, 3.8) is 0 Å². The van der Waals surface area contributed by atoms with E-state index in [9.17, 15) is 0 Å². The number of fused-ring (bicyclic) bond motifs is 1. The summed E-state index contributed by atoms with van der Waals surface area (Å²) in [6.07, 6.45) is 12.0. The van der Waals surface area contributed by atoms with E-state index in [1.165, 1.54) is 43.4 Å². The van der Waals surface area contributed by atoms with Gasteiger partial charge in [0.1, 0.15) is 0 Å². The van der Waals surface area contributed by atoms with Gasteiger partial charge in [0.2, 0.25) is 0 Å². The zero-order valence-electron chi connectivity index (χ0n) is 11.5. The first-order chi connectivity index (χ1) is 9.28. The van der Waals surface area contributed by atoms with Crippen molar-refractivity contribution in [3.05, 3.63) is 17.5 Å². The van der Waals surface area contributed by atoms with Gasteiger partial charge in [-0.25, -0.2) is 0 Å². The van der Waals surface area contributed by atoms with E-state index < -0.39 is 0 Å². The van der Waals surface area contributed by atoms with Crippen LogP contribution in [0.25, 0.3) is 0 Å². The Morgan fingerprint density at radius 2 is 1.74 bits per heavy atom. The molecule has 3 nitrogen and oxygen atoms in total. The average Bonchev–Trinajstić information content (AvgIpc) is 2.91. The third-order valence-corrected chi connectivity index (χ3v) is 6.40. The van der Waals surface area contributed by atoms with Gasteiger partial charge in [-0.15, -0.1) is 0 Å². The molecule has 1 aromatic heterocycles. The maximum Gasteiger partial charge on any atom is 0.0823 e. The molecule has 102 valence electrons. The SMILES string of the molecule is NC1CCc2cn(C3C4CC5CC(C4)CC3C5)nc21. The second-order valence-corrected chi connectivity index (χ2v) is 7.59. The molecule has 1 heterocycles. The number of hydrogen-bond acceptors (Lipinski definition) is 2. The fourth-order valence-corrected chi connectivity index (χ4v) is 5.88. The number of hydrogen-bond donors (Lipinski definition) is 1. The Hall–Kier alpha value is -0.830. The molecule has 19 heavy (non-hydrogen) atoms. The van der Waals surface area contributed by atoms with E-state index in [1.54, 1.807) is 0 Å². The smallest absolute Gasteiger partial charge is 0.0823 e. The van der Waals surface area contributed by atoms with Crippen LogP contribution in [0.5, 0.6) is 0 Å². The van der Waals surface area contributed by atoms with E-state index >= 15 is 0 Å². The summed E-state index contributed by atoms with van der Waals surface area (Å²) in [5, 5.41) is 4.91. The van der Waals surface area contributed by atoms with Gasteiger partial charge >= 0.3 is 0 Å². The summed E-state index contributed by atoms with van der Waals surface area (Å²) in [4.78, 5) is 0. The van der Waals surface area contributed by atoms with E-state index in [1.807, 2.05) is 0 Å². The molecule has 4 bridgehead atoms. The van der Waals surface area contributed by atoms with Crippen LogP contribution in [0.3, 0.4) is 0 Å². The van der Waals surface area contributed by atoms with Gasteiger partial charge in [-0.2, -0.15) is 5.10 Å². The lowest BCUT2D eigenvalue weighted by molar-refractivity contribution is -0.0338. The minimum atomic E-state index is 0.202. The second-order valence-electron chi connectivity index (χ2n) is 7.59. The van der Waals surface area contributed by atoms with Crippen molar-refractivity contribution < 1.29 is 0 Å². The molecule has 1 aromatic rings. The van der Waals surface area contributed by atoms with E-state index in [2.05, 4.69) is 10.9 Å². The minimum absolute atomic E-state index is 0.202. The van der Waals surface area contributed by atoms with E-state index in [0.717, 1.165) is 36.5 Å². The van der Waals surface area contributed by atoms with Crippen LogP contribution in [0.15, 0.2) is 6.20 Å². The van der Waals surface area contributed by atoms with Crippen LogP contribution in [0.2, 0.25) is 0 Å². The Kier molecular flexibility index (Phi) is 2.08. The van der Waals surface area contributed by atoms with Gasteiger partial charge in [-0.3, -0.25) is 4.68 Å². The molecular weight excluding hydrogens is 234 g/mol. The molecule has 0 amide bonds. The number of nitrogens with zero attached hydrogens (tertiary/aromatic N) is 2. The lowest BCUT2D eigenvalue weighted by Crippen LogP contribution is -2.46. The van der Waals surface area contributed by atoms with Crippen molar-refractivity contribution in [2.75, 3.05) is 0 Å². The fraction of sp³-hybridized carbons (Fsp3) is 0.812. The van der Waals surface area contributed by atoms with E-state index in [-0.39, 0.29) is 6.04 Å². The summed E-state index contributed by atoms with van der Waals surface area (Å²) in [7, 11) is 0. The lowest BCUT2D eigenvalue weighted by atomic mass is 9.54.